The summed E-state index contributed by atoms with van der Waals surface area (Å²) < 4.78 is 51.2. The zero-order valence-electron chi connectivity index (χ0n) is 17.5. The summed E-state index contributed by atoms with van der Waals surface area (Å²) in [6.45, 7) is 2.79. The molecule has 3 aromatic rings. The van der Waals surface area contributed by atoms with Gasteiger partial charge >= 0.3 is 0 Å². The van der Waals surface area contributed by atoms with Crippen LogP contribution in [0.15, 0.2) is 34.9 Å². The predicted octanol–water partition coefficient (Wildman–Crippen LogP) is 3.15. The standard InChI is InChI=1S/C21H24FN5O4S/c1-2-16(32(24,28)29)13-4-3-5-14(17(13)22)18-19(15-6-9-25-21(23)26-15)31-20(27-18)12-7-10-30-11-8-12/h3-6,9,12,16H,2,7-8,10-11H2,1H3,(H2,23,25,26)(H2,24,28,29). The van der Waals surface area contributed by atoms with Crippen LogP contribution in [0.4, 0.5) is 10.3 Å². The number of rotatable bonds is 6. The van der Waals surface area contributed by atoms with Crippen LogP contribution >= 0.6 is 0 Å². The minimum atomic E-state index is -4.00. The lowest BCUT2D eigenvalue weighted by Crippen LogP contribution is -2.22. The van der Waals surface area contributed by atoms with Gasteiger partial charge < -0.3 is 14.9 Å². The summed E-state index contributed by atoms with van der Waals surface area (Å²) in [6, 6.07) is 6.10. The maximum atomic E-state index is 15.7. The van der Waals surface area contributed by atoms with E-state index < -0.39 is 21.1 Å². The van der Waals surface area contributed by atoms with Crippen molar-refractivity contribution in [2.75, 3.05) is 18.9 Å². The molecule has 0 aliphatic carbocycles. The van der Waals surface area contributed by atoms with Gasteiger partial charge in [0.1, 0.15) is 22.5 Å². The number of hydrogen-bond donors (Lipinski definition) is 2. The van der Waals surface area contributed by atoms with E-state index in [2.05, 4.69) is 15.0 Å². The summed E-state index contributed by atoms with van der Waals surface area (Å²) in [5.74, 6) is 0.00370. The lowest BCUT2D eigenvalue weighted by atomic mass is 10.00. The molecule has 4 rings (SSSR count). The number of nitrogens with two attached hydrogens (primary N) is 2. The number of benzene rings is 1. The molecule has 4 N–H and O–H groups in total. The van der Waals surface area contributed by atoms with Crippen molar-refractivity contribution < 1.29 is 22.0 Å². The number of anilines is 1. The van der Waals surface area contributed by atoms with Crippen LogP contribution in [0.3, 0.4) is 0 Å². The van der Waals surface area contributed by atoms with Crippen molar-refractivity contribution in [2.45, 2.75) is 37.4 Å². The van der Waals surface area contributed by atoms with E-state index in [4.69, 9.17) is 20.0 Å². The first-order valence-electron chi connectivity index (χ1n) is 10.3. The second kappa shape index (κ2) is 8.93. The Kier molecular flexibility index (Phi) is 6.22. The van der Waals surface area contributed by atoms with Crippen LogP contribution in [0, 0.1) is 5.82 Å². The average Bonchev–Trinajstić information content (AvgIpc) is 3.20. The molecule has 1 saturated heterocycles. The van der Waals surface area contributed by atoms with Crippen molar-refractivity contribution in [3.8, 4) is 22.7 Å². The highest BCUT2D eigenvalue weighted by Gasteiger charge is 2.30. The molecule has 0 radical (unpaired) electrons. The van der Waals surface area contributed by atoms with Gasteiger partial charge in [-0.05, 0) is 31.4 Å². The molecule has 3 heterocycles. The highest BCUT2D eigenvalue weighted by Crippen LogP contribution is 2.39. The molecule has 1 aliphatic rings. The maximum absolute atomic E-state index is 15.7. The Morgan fingerprint density at radius 3 is 2.62 bits per heavy atom. The number of sulfonamides is 1. The first-order valence-corrected chi connectivity index (χ1v) is 11.9. The second-order valence-electron chi connectivity index (χ2n) is 7.61. The van der Waals surface area contributed by atoms with E-state index in [1.54, 1.807) is 19.1 Å². The van der Waals surface area contributed by atoms with Crippen LogP contribution in [0.25, 0.3) is 22.7 Å². The molecule has 0 amide bonds. The predicted molar refractivity (Wildman–Crippen MR) is 116 cm³/mol. The van der Waals surface area contributed by atoms with Crippen molar-refractivity contribution in [1.82, 2.24) is 15.0 Å². The van der Waals surface area contributed by atoms with E-state index in [-0.39, 0.29) is 40.9 Å². The topological polar surface area (TPSA) is 147 Å². The lowest BCUT2D eigenvalue weighted by molar-refractivity contribution is 0.0796. The molecular formula is C21H24FN5O4S. The number of primary sulfonamides is 1. The van der Waals surface area contributed by atoms with Gasteiger partial charge in [0.2, 0.25) is 16.0 Å². The fraction of sp³-hybridized carbons (Fsp3) is 0.381. The minimum absolute atomic E-state index is 0.00879. The van der Waals surface area contributed by atoms with Gasteiger partial charge in [-0.2, -0.15) is 0 Å². The fourth-order valence-electron chi connectivity index (χ4n) is 3.92. The molecule has 2 aromatic heterocycles. The van der Waals surface area contributed by atoms with Gasteiger partial charge in [0.15, 0.2) is 11.7 Å². The number of aromatic nitrogens is 3. The van der Waals surface area contributed by atoms with Crippen molar-refractivity contribution in [2.24, 2.45) is 5.14 Å². The number of oxazole rings is 1. The van der Waals surface area contributed by atoms with Crippen LogP contribution in [-0.4, -0.2) is 36.6 Å². The van der Waals surface area contributed by atoms with Gasteiger partial charge in [-0.1, -0.05) is 19.1 Å². The average molecular weight is 462 g/mol. The number of halogens is 1. The normalized spacial score (nSPS) is 16.2. The quantitative estimate of drug-likeness (QED) is 0.569. The lowest BCUT2D eigenvalue weighted by Gasteiger charge is -2.18. The van der Waals surface area contributed by atoms with Crippen LogP contribution < -0.4 is 10.9 Å². The molecule has 0 saturated carbocycles. The Hall–Kier alpha value is -2.89. The number of ether oxygens (including phenoxy) is 1. The summed E-state index contributed by atoms with van der Waals surface area (Å²) in [5.41, 5.74) is 6.38. The van der Waals surface area contributed by atoms with Crippen molar-refractivity contribution in [3.05, 3.63) is 47.7 Å². The maximum Gasteiger partial charge on any atom is 0.220 e. The van der Waals surface area contributed by atoms with E-state index in [1.807, 2.05) is 0 Å². The van der Waals surface area contributed by atoms with E-state index in [0.29, 0.717) is 24.8 Å². The van der Waals surface area contributed by atoms with Crippen LogP contribution in [0.2, 0.25) is 0 Å². The Morgan fingerprint density at radius 1 is 1.22 bits per heavy atom. The van der Waals surface area contributed by atoms with E-state index in [1.165, 1.54) is 18.3 Å². The van der Waals surface area contributed by atoms with Gasteiger partial charge in [0, 0.05) is 36.5 Å². The molecule has 0 spiro atoms. The summed E-state index contributed by atoms with van der Waals surface area (Å²) in [4.78, 5) is 12.7. The van der Waals surface area contributed by atoms with Gasteiger partial charge in [0.05, 0.1) is 0 Å². The largest absolute Gasteiger partial charge is 0.438 e. The first kappa shape index (κ1) is 22.3. The molecule has 0 bridgehead atoms. The zero-order valence-corrected chi connectivity index (χ0v) is 18.3. The Bertz CT molecular complexity index is 1220. The molecule has 9 nitrogen and oxygen atoms in total. The minimum Gasteiger partial charge on any atom is -0.438 e. The van der Waals surface area contributed by atoms with Crippen molar-refractivity contribution in [3.63, 3.8) is 0 Å². The summed E-state index contributed by atoms with van der Waals surface area (Å²) >= 11 is 0. The molecule has 1 aromatic carbocycles. The molecule has 32 heavy (non-hydrogen) atoms. The molecule has 1 fully saturated rings. The highest BCUT2D eigenvalue weighted by molar-refractivity contribution is 7.89. The van der Waals surface area contributed by atoms with Crippen LogP contribution in [-0.2, 0) is 14.8 Å². The molecule has 1 aliphatic heterocycles. The summed E-state index contributed by atoms with van der Waals surface area (Å²) in [7, 11) is -4.00. The first-order chi connectivity index (χ1) is 15.3. The summed E-state index contributed by atoms with van der Waals surface area (Å²) in [5, 5.41) is 4.17. The molecular weight excluding hydrogens is 437 g/mol. The Labute approximate surface area is 185 Å². The fourth-order valence-corrected chi connectivity index (χ4v) is 4.92. The Morgan fingerprint density at radius 2 is 1.97 bits per heavy atom. The smallest absolute Gasteiger partial charge is 0.220 e. The number of nitrogens with zero attached hydrogens (tertiary/aromatic N) is 3. The van der Waals surface area contributed by atoms with Crippen molar-refractivity contribution >= 4 is 16.0 Å². The van der Waals surface area contributed by atoms with Gasteiger partial charge in [-0.25, -0.2) is 32.9 Å². The van der Waals surface area contributed by atoms with E-state index in [9.17, 15) is 8.42 Å². The molecule has 170 valence electrons. The number of hydrogen-bond acceptors (Lipinski definition) is 8. The molecule has 1 unspecified atom stereocenters. The summed E-state index contributed by atoms with van der Waals surface area (Å²) in [6.07, 6.45) is 3.04. The number of nitrogen functional groups attached to an aromatic ring is 1. The molecule has 1 atom stereocenters. The highest BCUT2D eigenvalue weighted by atomic mass is 32.2. The monoisotopic (exact) mass is 461 g/mol. The zero-order chi connectivity index (χ0) is 22.9. The third kappa shape index (κ3) is 4.36. The van der Waals surface area contributed by atoms with Crippen LogP contribution in [0.1, 0.15) is 48.8 Å². The van der Waals surface area contributed by atoms with Gasteiger partial charge in [0.25, 0.3) is 0 Å². The molecule has 11 heteroatoms. The van der Waals surface area contributed by atoms with Gasteiger partial charge in [-0.3, -0.25) is 0 Å². The SMILES string of the molecule is CCC(c1cccc(-c2nc(C3CCOCC3)oc2-c2ccnc(N)n2)c1F)S(N)(=O)=O. The van der Waals surface area contributed by atoms with Gasteiger partial charge in [-0.15, -0.1) is 0 Å². The second-order valence-corrected chi connectivity index (χ2v) is 9.36. The van der Waals surface area contributed by atoms with E-state index >= 15 is 4.39 Å². The Balaban J connectivity index is 1.89. The van der Waals surface area contributed by atoms with Crippen LogP contribution in [0.5, 0.6) is 0 Å². The van der Waals surface area contributed by atoms with E-state index in [0.717, 1.165) is 12.8 Å². The van der Waals surface area contributed by atoms with Crippen molar-refractivity contribution in [1.29, 1.82) is 0 Å². The third-order valence-electron chi connectivity index (χ3n) is 5.52. The third-order valence-corrected chi connectivity index (χ3v) is 6.90.